The zero-order valence-electron chi connectivity index (χ0n) is 13.2. The molecular formula is C16H24N4O2. The molecule has 0 amide bonds. The van der Waals surface area contributed by atoms with Crippen LogP contribution in [0.5, 0.6) is 5.88 Å². The number of nitrogens with one attached hydrogen (secondary N) is 2. The minimum absolute atomic E-state index is 0.445. The van der Waals surface area contributed by atoms with Crippen LogP contribution in [0.4, 0.5) is 0 Å². The summed E-state index contributed by atoms with van der Waals surface area (Å²) < 4.78 is 10.4. The van der Waals surface area contributed by atoms with Crippen LogP contribution in [0, 0.1) is 0 Å². The number of aliphatic imine (C=N–C) groups is 1. The van der Waals surface area contributed by atoms with E-state index in [-0.39, 0.29) is 0 Å². The van der Waals surface area contributed by atoms with E-state index in [1.807, 2.05) is 12.1 Å². The largest absolute Gasteiger partial charge is 0.475 e. The quantitative estimate of drug-likeness (QED) is 0.346. The zero-order valence-corrected chi connectivity index (χ0v) is 13.2. The summed E-state index contributed by atoms with van der Waals surface area (Å²) in [5.74, 6) is 1.43. The molecule has 0 unspecified atom stereocenters. The van der Waals surface area contributed by atoms with Crippen molar-refractivity contribution in [3.05, 3.63) is 36.0 Å². The topological polar surface area (TPSA) is 67.8 Å². The Morgan fingerprint density at radius 2 is 2.14 bits per heavy atom. The normalized spacial score (nSPS) is 15.1. The minimum atomic E-state index is 0.445. The van der Waals surface area contributed by atoms with Gasteiger partial charge in [-0.25, -0.2) is 4.98 Å². The second-order valence-electron chi connectivity index (χ2n) is 5.06. The molecule has 0 atom stereocenters. The fourth-order valence-corrected chi connectivity index (χ4v) is 2.14. The van der Waals surface area contributed by atoms with Gasteiger partial charge in [-0.2, -0.15) is 0 Å². The maximum absolute atomic E-state index is 5.44. The number of rotatable bonds is 7. The first kappa shape index (κ1) is 16.3. The summed E-state index contributed by atoms with van der Waals surface area (Å²) in [6.45, 7) is 1.74. The van der Waals surface area contributed by atoms with Crippen LogP contribution < -0.4 is 15.4 Å². The van der Waals surface area contributed by atoms with Gasteiger partial charge in [0, 0.05) is 39.0 Å². The first-order valence-electron chi connectivity index (χ1n) is 7.50. The molecule has 0 aromatic carbocycles. The zero-order chi connectivity index (χ0) is 15.6. The van der Waals surface area contributed by atoms with E-state index in [1.54, 1.807) is 20.4 Å². The summed E-state index contributed by atoms with van der Waals surface area (Å²) >= 11 is 0. The molecule has 0 saturated heterocycles. The molecule has 6 heteroatoms. The first-order chi connectivity index (χ1) is 10.8. The van der Waals surface area contributed by atoms with Crippen LogP contribution in [-0.2, 0) is 11.3 Å². The molecule has 1 aliphatic carbocycles. The van der Waals surface area contributed by atoms with Crippen molar-refractivity contribution in [1.82, 2.24) is 15.6 Å². The van der Waals surface area contributed by atoms with Crippen LogP contribution in [0.25, 0.3) is 0 Å². The van der Waals surface area contributed by atoms with Gasteiger partial charge in [-0.15, -0.1) is 0 Å². The highest BCUT2D eigenvalue weighted by atomic mass is 16.5. The molecule has 1 aromatic rings. The molecule has 0 spiro atoms. The Morgan fingerprint density at radius 3 is 2.77 bits per heavy atom. The van der Waals surface area contributed by atoms with Gasteiger partial charge in [0.1, 0.15) is 6.61 Å². The van der Waals surface area contributed by atoms with Crippen LogP contribution in [0.3, 0.4) is 0 Å². The highest BCUT2D eigenvalue weighted by molar-refractivity contribution is 5.80. The molecule has 0 bridgehead atoms. The van der Waals surface area contributed by atoms with Crippen molar-refractivity contribution in [2.75, 3.05) is 27.4 Å². The number of ether oxygens (including phenoxy) is 2. The van der Waals surface area contributed by atoms with E-state index in [9.17, 15) is 0 Å². The second-order valence-corrected chi connectivity index (χ2v) is 5.06. The maximum atomic E-state index is 5.44. The Hall–Kier alpha value is -2.08. The van der Waals surface area contributed by atoms with Crippen molar-refractivity contribution in [2.24, 2.45) is 4.99 Å². The second kappa shape index (κ2) is 9.04. The van der Waals surface area contributed by atoms with Gasteiger partial charge in [-0.3, -0.25) is 4.99 Å². The van der Waals surface area contributed by atoms with Gasteiger partial charge in [0.2, 0.25) is 5.88 Å². The molecule has 0 radical (unpaired) electrons. The number of hydrogen-bond donors (Lipinski definition) is 2. The lowest BCUT2D eigenvalue weighted by molar-refractivity contribution is 0.143. The maximum Gasteiger partial charge on any atom is 0.213 e. The van der Waals surface area contributed by atoms with Gasteiger partial charge in [0.05, 0.1) is 6.61 Å². The number of methoxy groups -OCH3 is 1. The molecule has 2 N–H and O–H groups in total. The van der Waals surface area contributed by atoms with Gasteiger partial charge in [-0.05, 0) is 18.4 Å². The fourth-order valence-electron chi connectivity index (χ4n) is 2.14. The van der Waals surface area contributed by atoms with Crippen LogP contribution in [0.1, 0.15) is 18.4 Å². The third kappa shape index (κ3) is 5.37. The lowest BCUT2D eigenvalue weighted by Gasteiger charge is -2.16. The molecule has 2 rings (SSSR count). The molecule has 1 heterocycles. The molecule has 0 aliphatic heterocycles. The van der Waals surface area contributed by atoms with Crippen LogP contribution in [0.2, 0.25) is 0 Å². The van der Waals surface area contributed by atoms with Crippen LogP contribution in [-0.4, -0.2) is 44.4 Å². The van der Waals surface area contributed by atoms with Gasteiger partial charge in [0.25, 0.3) is 0 Å². The Morgan fingerprint density at radius 1 is 1.32 bits per heavy atom. The van der Waals surface area contributed by atoms with Crippen molar-refractivity contribution < 1.29 is 9.47 Å². The van der Waals surface area contributed by atoms with Crippen LogP contribution >= 0.6 is 0 Å². The number of guanidine groups is 1. The van der Waals surface area contributed by atoms with Gasteiger partial charge in [-0.1, -0.05) is 18.2 Å². The lowest BCUT2D eigenvalue weighted by Crippen LogP contribution is -2.42. The fraction of sp³-hybridized carbons (Fsp3) is 0.500. The average Bonchev–Trinajstić information content (AvgIpc) is 3.06. The minimum Gasteiger partial charge on any atom is -0.475 e. The Balaban J connectivity index is 1.75. The summed E-state index contributed by atoms with van der Waals surface area (Å²) in [4.78, 5) is 8.51. The van der Waals surface area contributed by atoms with Gasteiger partial charge >= 0.3 is 0 Å². The Kier molecular flexibility index (Phi) is 6.70. The third-order valence-electron chi connectivity index (χ3n) is 3.37. The monoisotopic (exact) mass is 304 g/mol. The highest BCUT2D eigenvalue weighted by Gasteiger charge is 2.11. The smallest absolute Gasteiger partial charge is 0.213 e. The van der Waals surface area contributed by atoms with E-state index in [0.717, 1.165) is 24.4 Å². The highest BCUT2D eigenvalue weighted by Crippen LogP contribution is 2.09. The predicted molar refractivity (Wildman–Crippen MR) is 87.1 cm³/mol. The number of aromatic nitrogens is 1. The van der Waals surface area contributed by atoms with Gasteiger partial charge in [0.15, 0.2) is 5.96 Å². The molecule has 6 nitrogen and oxygen atoms in total. The number of hydrogen-bond acceptors (Lipinski definition) is 4. The molecular weight excluding hydrogens is 280 g/mol. The molecule has 22 heavy (non-hydrogen) atoms. The van der Waals surface area contributed by atoms with Crippen molar-refractivity contribution in [3.8, 4) is 5.88 Å². The van der Waals surface area contributed by atoms with Crippen molar-refractivity contribution in [2.45, 2.75) is 25.4 Å². The molecule has 1 aliphatic rings. The average molecular weight is 304 g/mol. The van der Waals surface area contributed by atoms with E-state index in [4.69, 9.17) is 9.47 Å². The van der Waals surface area contributed by atoms with E-state index >= 15 is 0 Å². The molecule has 120 valence electrons. The van der Waals surface area contributed by atoms with Crippen molar-refractivity contribution in [3.63, 3.8) is 0 Å². The Bertz CT molecular complexity index is 491. The van der Waals surface area contributed by atoms with E-state index in [0.29, 0.717) is 31.7 Å². The molecule has 0 saturated carbocycles. The summed E-state index contributed by atoms with van der Waals surface area (Å²) in [6, 6.07) is 4.30. The van der Waals surface area contributed by atoms with E-state index < -0.39 is 0 Å². The molecule has 0 fully saturated rings. The number of pyridine rings is 1. The first-order valence-corrected chi connectivity index (χ1v) is 7.50. The van der Waals surface area contributed by atoms with Crippen molar-refractivity contribution >= 4 is 5.96 Å². The number of nitrogens with zero attached hydrogens (tertiary/aromatic N) is 2. The SMILES string of the molecule is CN=C(NCc1ccc(OCCOC)nc1)NC1CC=CC1. The summed E-state index contributed by atoms with van der Waals surface area (Å²) in [5, 5.41) is 6.69. The van der Waals surface area contributed by atoms with Gasteiger partial charge < -0.3 is 20.1 Å². The van der Waals surface area contributed by atoms with Crippen molar-refractivity contribution in [1.29, 1.82) is 0 Å². The predicted octanol–water partition coefficient (Wildman–Crippen LogP) is 1.49. The Labute approximate surface area is 131 Å². The molecule has 1 aromatic heterocycles. The van der Waals surface area contributed by atoms with Crippen LogP contribution in [0.15, 0.2) is 35.5 Å². The summed E-state index contributed by atoms with van der Waals surface area (Å²) in [7, 11) is 3.43. The van der Waals surface area contributed by atoms with E-state index in [2.05, 4.69) is 32.8 Å². The standard InChI is InChI=1S/C16H24N4O2/c1-17-16(20-14-5-3-4-6-14)19-12-13-7-8-15(18-11-13)22-10-9-21-2/h3-4,7-8,11,14H,5-6,9-10,12H2,1-2H3,(H2,17,19,20). The lowest BCUT2D eigenvalue weighted by atomic mass is 10.2. The van der Waals surface area contributed by atoms with E-state index in [1.165, 1.54) is 0 Å². The summed E-state index contributed by atoms with van der Waals surface area (Å²) in [6.07, 6.45) is 8.29. The third-order valence-corrected chi connectivity index (χ3v) is 3.37. The summed E-state index contributed by atoms with van der Waals surface area (Å²) in [5.41, 5.74) is 1.08.